The molecule has 0 N–H and O–H groups in total. The molecule has 3 rings (SSSR count). The minimum Gasteiger partial charge on any atom is -0.492 e. The van der Waals surface area contributed by atoms with Crippen LogP contribution in [0.1, 0.15) is 12.5 Å². The zero-order valence-electron chi connectivity index (χ0n) is 14.6. The Labute approximate surface area is 149 Å². The van der Waals surface area contributed by atoms with Crippen molar-refractivity contribution >= 4 is 21.6 Å². The molecule has 0 radical (unpaired) electrons. The summed E-state index contributed by atoms with van der Waals surface area (Å²) in [6.45, 7) is 6.34. The molecule has 2 fully saturated rings. The van der Waals surface area contributed by atoms with Crippen LogP contribution in [0.5, 0.6) is 5.75 Å². The number of hydrogen-bond donors (Lipinski definition) is 0. The van der Waals surface area contributed by atoms with Crippen LogP contribution in [0.4, 0.5) is 0 Å². The van der Waals surface area contributed by atoms with Gasteiger partial charge in [0.05, 0.1) is 6.61 Å². The molecule has 1 heterocycles. The third-order valence-electron chi connectivity index (χ3n) is 5.06. The first-order valence-electron chi connectivity index (χ1n) is 8.33. The maximum Gasteiger partial charge on any atom is 0.246 e. The number of piperidine rings is 1. The summed E-state index contributed by atoms with van der Waals surface area (Å²) in [5, 5.41) is 0.451. The summed E-state index contributed by atoms with van der Waals surface area (Å²) < 4.78 is 33.3. The van der Waals surface area contributed by atoms with Gasteiger partial charge in [0.2, 0.25) is 10.0 Å². The highest BCUT2D eigenvalue weighted by atomic mass is 35.5. The maximum atomic E-state index is 13.1. The fraction of sp³-hybridized carbons (Fsp3) is 0.647. The lowest BCUT2D eigenvalue weighted by Gasteiger charge is -2.22. The number of aryl methyl sites for hydroxylation is 1. The van der Waals surface area contributed by atoms with Gasteiger partial charge in [-0.2, -0.15) is 4.31 Å². The van der Waals surface area contributed by atoms with Crippen molar-refractivity contribution in [2.75, 3.05) is 40.3 Å². The number of fused-ring (bicyclic) bond motifs is 1. The monoisotopic (exact) mass is 372 g/mol. The predicted octanol–water partition coefficient (Wildman–Crippen LogP) is 2.48. The lowest BCUT2D eigenvalue weighted by Crippen LogP contribution is -2.33. The summed E-state index contributed by atoms with van der Waals surface area (Å²) in [5.74, 6) is 1.99. The van der Waals surface area contributed by atoms with Crippen molar-refractivity contribution < 1.29 is 13.2 Å². The van der Waals surface area contributed by atoms with E-state index in [1.165, 1.54) is 6.07 Å². The summed E-state index contributed by atoms with van der Waals surface area (Å²) >= 11 is 6.17. The van der Waals surface area contributed by atoms with Gasteiger partial charge in [0.1, 0.15) is 10.6 Å². The number of halogens is 1. The Morgan fingerprint density at radius 3 is 2.46 bits per heavy atom. The molecule has 0 amide bonds. The Bertz CT molecular complexity index is 724. The molecule has 0 aromatic heterocycles. The van der Waals surface area contributed by atoms with Gasteiger partial charge in [-0.15, -0.1) is 0 Å². The van der Waals surface area contributed by atoms with Crippen molar-refractivity contribution in [2.24, 2.45) is 17.8 Å². The average Bonchev–Trinajstić information content (AvgIpc) is 2.94. The average molecular weight is 373 g/mol. The number of benzene rings is 1. The lowest BCUT2D eigenvalue weighted by atomic mass is 10.2. The van der Waals surface area contributed by atoms with Crippen LogP contribution in [0.3, 0.4) is 0 Å². The van der Waals surface area contributed by atoms with Crippen LogP contribution in [-0.2, 0) is 10.0 Å². The summed E-state index contributed by atoms with van der Waals surface area (Å²) in [4.78, 5) is 2.36. The molecule has 134 valence electrons. The van der Waals surface area contributed by atoms with Crippen molar-refractivity contribution in [1.82, 2.24) is 9.21 Å². The summed E-state index contributed by atoms with van der Waals surface area (Å²) in [5.41, 5.74) is 0.814. The second kappa shape index (κ2) is 6.48. The summed E-state index contributed by atoms with van der Waals surface area (Å²) in [6, 6.07) is 3.24. The van der Waals surface area contributed by atoms with Gasteiger partial charge in [-0.05, 0) is 63.4 Å². The van der Waals surface area contributed by atoms with Gasteiger partial charge in [0, 0.05) is 24.7 Å². The molecular formula is C17H25ClN2O3S. The molecule has 7 heteroatoms. The van der Waals surface area contributed by atoms with Gasteiger partial charge < -0.3 is 9.64 Å². The van der Waals surface area contributed by atoms with E-state index in [-0.39, 0.29) is 4.90 Å². The molecule has 3 atom stereocenters. The molecule has 0 bridgehead atoms. The Hall–Kier alpha value is -0.820. The first-order valence-corrected chi connectivity index (χ1v) is 10.1. The van der Waals surface area contributed by atoms with E-state index >= 15 is 0 Å². The number of hydrogen-bond acceptors (Lipinski definition) is 4. The van der Waals surface area contributed by atoms with Crippen LogP contribution in [0, 0.1) is 24.7 Å². The molecule has 1 aromatic rings. The number of rotatable bonds is 6. The zero-order valence-corrected chi connectivity index (χ0v) is 16.2. The first kappa shape index (κ1) is 18.0. The van der Waals surface area contributed by atoms with Gasteiger partial charge in [-0.1, -0.05) is 11.6 Å². The van der Waals surface area contributed by atoms with E-state index in [0.29, 0.717) is 48.2 Å². The Morgan fingerprint density at radius 1 is 1.29 bits per heavy atom. The van der Waals surface area contributed by atoms with E-state index in [2.05, 4.69) is 19.0 Å². The quantitative estimate of drug-likeness (QED) is 0.769. The van der Waals surface area contributed by atoms with E-state index in [1.54, 1.807) is 10.4 Å². The van der Waals surface area contributed by atoms with Crippen LogP contribution in [0.15, 0.2) is 17.0 Å². The van der Waals surface area contributed by atoms with Gasteiger partial charge in [-0.3, -0.25) is 0 Å². The normalized spacial score (nSPS) is 26.7. The van der Waals surface area contributed by atoms with Crippen LogP contribution in [-0.4, -0.2) is 58.0 Å². The Balaban J connectivity index is 1.82. The Kier molecular flexibility index (Phi) is 4.86. The first-order chi connectivity index (χ1) is 11.3. The minimum atomic E-state index is -3.57. The van der Waals surface area contributed by atoms with Gasteiger partial charge >= 0.3 is 0 Å². The van der Waals surface area contributed by atoms with Crippen molar-refractivity contribution in [3.63, 3.8) is 0 Å². The highest BCUT2D eigenvalue weighted by Gasteiger charge is 2.57. The molecule has 1 aliphatic carbocycles. The van der Waals surface area contributed by atoms with E-state index in [1.807, 2.05) is 13.8 Å². The second-order valence-electron chi connectivity index (χ2n) is 7.06. The SMILES string of the molecule is CCOc1cc(C)c(Cl)cc1S(=O)(=O)N1C[C@@H]2C(CN(C)C)[C@@H]2C1. The number of sulfonamides is 1. The third-order valence-corrected chi connectivity index (χ3v) is 7.32. The van der Waals surface area contributed by atoms with Crippen molar-refractivity contribution in [2.45, 2.75) is 18.7 Å². The highest BCUT2D eigenvalue weighted by molar-refractivity contribution is 7.89. The molecule has 5 nitrogen and oxygen atoms in total. The van der Waals surface area contributed by atoms with Crippen LogP contribution in [0.25, 0.3) is 0 Å². The molecule has 0 spiro atoms. The molecule has 1 saturated carbocycles. The third kappa shape index (κ3) is 3.17. The van der Waals surface area contributed by atoms with Gasteiger partial charge in [0.25, 0.3) is 0 Å². The molecule has 1 aliphatic heterocycles. The largest absolute Gasteiger partial charge is 0.492 e. The molecular weight excluding hydrogens is 348 g/mol. The number of ether oxygens (including phenoxy) is 1. The predicted molar refractivity (Wildman–Crippen MR) is 95.1 cm³/mol. The van der Waals surface area contributed by atoms with Gasteiger partial charge in [-0.25, -0.2) is 8.42 Å². The standard InChI is InChI=1S/C17H25ClN2O3S/c1-5-23-16-6-11(2)15(18)7-17(16)24(21,22)20-9-13-12(8-19(3)4)14(13)10-20/h6-7,12-14H,5,8-10H2,1-4H3/t12?,13-,14+. The smallest absolute Gasteiger partial charge is 0.246 e. The summed E-state index contributed by atoms with van der Waals surface area (Å²) in [7, 11) is 0.547. The molecule has 1 aromatic carbocycles. The van der Waals surface area contributed by atoms with E-state index in [0.717, 1.165) is 12.1 Å². The molecule has 1 saturated heterocycles. The van der Waals surface area contributed by atoms with Gasteiger partial charge in [0.15, 0.2) is 0 Å². The van der Waals surface area contributed by atoms with Crippen molar-refractivity contribution in [3.8, 4) is 5.75 Å². The van der Waals surface area contributed by atoms with E-state index in [4.69, 9.17) is 16.3 Å². The van der Waals surface area contributed by atoms with Crippen molar-refractivity contribution in [3.05, 3.63) is 22.7 Å². The zero-order chi connectivity index (χ0) is 17.6. The van der Waals surface area contributed by atoms with Crippen LogP contribution >= 0.6 is 11.6 Å². The highest BCUT2D eigenvalue weighted by Crippen LogP contribution is 2.53. The maximum absolute atomic E-state index is 13.1. The second-order valence-corrected chi connectivity index (χ2v) is 9.37. The summed E-state index contributed by atoms with van der Waals surface area (Å²) in [6.07, 6.45) is 0. The lowest BCUT2D eigenvalue weighted by molar-refractivity contribution is 0.323. The van der Waals surface area contributed by atoms with Crippen LogP contribution in [0.2, 0.25) is 5.02 Å². The fourth-order valence-electron chi connectivity index (χ4n) is 3.75. The van der Waals surface area contributed by atoms with Crippen molar-refractivity contribution in [1.29, 1.82) is 0 Å². The van der Waals surface area contributed by atoms with Crippen LogP contribution < -0.4 is 4.74 Å². The topological polar surface area (TPSA) is 49.9 Å². The van der Waals surface area contributed by atoms with E-state index in [9.17, 15) is 8.42 Å². The molecule has 2 aliphatic rings. The number of nitrogens with zero attached hydrogens (tertiary/aromatic N) is 2. The van der Waals surface area contributed by atoms with E-state index < -0.39 is 10.0 Å². The minimum absolute atomic E-state index is 0.186. The molecule has 1 unspecified atom stereocenters. The molecule has 24 heavy (non-hydrogen) atoms. The Morgan fingerprint density at radius 2 is 1.92 bits per heavy atom. The fourth-order valence-corrected chi connectivity index (χ4v) is 5.63.